The van der Waals surface area contributed by atoms with Gasteiger partial charge in [-0.05, 0) is 43.2 Å². The summed E-state index contributed by atoms with van der Waals surface area (Å²) in [4.78, 5) is 26.6. The van der Waals surface area contributed by atoms with Crippen LogP contribution in [0.3, 0.4) is 0 Å². The van der Waals surface area contributed by atoms with E-state index < -0.39 is 5.82 Å². The van der Waals surface area contributed by atoms with E-state index in [1.54, 1.807) is 4.90 Å². The number of benzene rings is 1. The minimum atomic E-state index is -0.398. The van der Waals surface area contributed by atoms with Crippen LogP contribution in [-0.4, -0.2) is 46.9 Å². The van der Waals surface area contributed by atoms with Crippen molar-refractivity contribution in [1.82, 2.24) is 14.7 Å². The molecule has 1 aromatic carbocycles. The van der Waals surface area contributed by atoms with E-state index >= 15 is 0 Å². The van der Waals surface area contributed by atoms with Crippen LogP contribution in [0.15, 0.2) is 41.2 Å². The van der Waals surface area contributed by atoms with Crippen LogP contribution in [0.5, 0.6) is 0 Å². The number of hydrogen-bond donors (Lipinski definition) is 0. The van der Waals surface area contributed by atoms with Gasteiger partial charge >= 0.3 is 0 Å². The van der Waals surface area contributed by atoms with Gasteiger partial charge in [0.1, 0.15) is 11.5 Å². The molecule has 3 heterocycles. The maximum atomic E-state index is 13.1. The van der Waals surface area contributed by atoms with Crippen molar-refractivity contribution >= 4 is 5.91 Å². The van der Waals surface area contributed by atoms with Gasteiger partial charge in [0.15, 0.2) is 0 Å². The van der Waals surface area contributed by atoms with Crippen molar-refractivity contribution in [2.24, 2.45) is 5.41 Å². The maximum Gasteiger partial charge on any atom is 0.274 e. The van der Waals surface area contributed by atoms with E-state index in [1.807, 2.05) is 0 Å². The highest BCUT2D eigenvalue weighted by Gasteiger charge is 2.43. The molecule has 0 aliphatic carbocycles. The van der Waals surface area contributed by atoms with Crippen molar-refractivity contribution in [3.05, 3.63) is 58.3 Å². The lowest BCUT2D eigenvalue weighted by molar-refractivity contribution is 0.0758. The Bertz CT molecular complexity index is 857. The van der Waals surface area contributed by atoms with Crippen molar-refractivity contribution in [2.45, 2.75) is 12.8 Å². The minimum Gasteiger partial charge on any atom is -0.381 e. The van der Waals surface area contributed by atoms with Crippen molar-refractivity contribution in [3.63, 3.8) is 0 Å². The lowest BCUT2D eigenvalue weighted by Gasteiger charge is -2.21. The molecular formula is C18H18FN3O3. The Hall–Kier alpha value is -2.54. The molecule has 2 saturated heterocycles. The molecule has 2 aliphatic heterocycles. The van der Waals surface area contributed by atoms with Crippen LogP contribution in [0.4, 0.5) is 4.39 Å². The van der Waals surface area contributed by atoms with Crippen LogP contribution in [0.25, 0.3) is 5.69 Å². The largest absolute Gasteiger partial charge is 0.381 e. The summed E-state index contributed by atoms with van der Waals surface area (Å²) in [5.74, 6) is -0.593. The SMILES string of the molecule is O=C(c1ccc(=O)n(-c2ccc(F)cc2)n1)N1CC[C@]2(CCOC2)C1. The number of aromatic nitrogens is 2. The zero-order chi connectivity index (χ0) is 17.4. The third kappa shape index (κ3) is 2.95. The fourth-order valence-electron chi connectivity index (χ4n) is 3.53. The summed E-state index contributed by atoms with van der Waals surface area (Å²) in [6.07, 6.45) is 1.90. The Morgan fingerprint density at radius 3 is 2.68 bits per heavy atom. The highest BCUT2D eigenvalue weighted by Crippen LogP contribution is 2.38. The smallest absolute Gasteiger partial charge is 0.274 e. The molecule has 1 atom stereocenters. The molecule has 7 heteroatoms. The van der Waals surface area contributed by atoms with Crippen LogP contribution >= 0.6 is 0 Å². The zero-order valence-corrected chi connectivity index (χ0v) is 13.7. The predicted octanol–water partition coefficient (Wildman–Crippen LogP) is 1.62. The average Bonchev–Trinajstić information content (AvgIpc) is 3.26. The number of likely N-dealkylation sites (tertiary alicyclic amines) is 1. The van der Waals surface area contributed by atoms with Gasteiger partial charge in [0.05, 0.1) is 12.3 Å². The second kappa shape index (κ2) is 6.07. The number of carbonyl (C=O) groups excluding carboxylic acids is 1. The molecule has 0 bridgehead atoms. The lowest BCUT2D eigenvalue weighted by atomic mass is 9.87. The molecule has 1 spiro atoms. The molecule has 0 radical (unpaired) electrons. The summed E-state index contributed by atoms with van der Waals surface area (Å²) in [7, 11) is 0. The summed E-state index contributed by atoms with van der Waals surface area (Å²) in [5, 5.41) is 4.19. The Labute approximate surface area is 143 Å². The lowest BCUT2D eigenvalue weighted by Crippen LogP contribution is -2.34. The highest BCUT2D eigenvalue weighted by molar-refractivity contribution is 5.92. The van der Waals surface area contributed by atoms with Crippen LogP contribution in [0.1, 0.15) is 23.3 Å². The quantitative estimate of drug-likeness (QED) is 0.831. The molecule has 1 amide bonds. The minimum absolute atomic E-state index is 0.0705. The third-order valence-corrected chi connectivity index (χ3v) is 5.00. The van der Waals surface area contributed by atoms with Crippen LogP contribution in [0, 0.1) is 11.2 Å². The molecule has 6 nitrogen and oxygen atoms in total. The molecule has 25 heavy (non-hydrogen) atoms. The number of nitrogens with zero attached hydrogens (tertiary/aromatic N) is 3. The van der Waals surface area contributed by atoms with Gasteiger partial charge < -0.3 is 9.64 Å². The number of amides is 1. The molecule has 0 N–H and O–H groups in total. The van der Waals surface area contributed by atoms with E-state index in [9.17, 15) is 14.0 Å². The van der Waals surface area contributed by atoms with Crippen molar-refractivity contribution in [1.29, 1.82) is 0 Å². The molecule has 130 valence electrons. The molecule has 0 saturated carbocycles. The van der Waals surface area contributed by atoms with Gasteiger partial charge in [-0.15, -0.1) is 0 Å². The molecule has 2 fully saturated rings. The van der Waals surface area contributed by atoms with Crippen molar-refractivity contribution < 1.29 is 13.9 Å². The van der Waals surface area contributed by atoms with Crippen LogP contribution in [0.2, 0.25) is 0 Å². The molecule has 2 aromatic rings. The van der Waals surface area contributed by atoms with Gasteiger partial charge in [0, 0.05) is 31.2 Å². The summed E-state index contributed by atoms with van der Waals surface area (Å²) in [6, 6.07) is 8.18. The Morgan fingerprint density at radius 2 is 1.96 bits per heavy atom. The topological polar surface area (TPSA) is 64.4 Å². The number of hydrogen-bond acceptors (Lipinski definition) is 4. The summed E-state index contributed by atoms with van der Waals surface area (Å²) >= 11 is 0. The number of rotatable bonds is 2. The predicted molar refractivity (Wildman–Crippen MR) is 88.2 cm³/mol. The van der Waals surface area contributed by atoms with E-state index in [0.717, 1.165) is 24.1 Å². The van der Waals surface area contributed by atoms with E-state index in [2.05, 4.69) is 5.10 Å². The molecule has 0 unspecified atom stereocenters. The van der Waals surface area contributed by atoms with Gasteiger partial charge in [-0.1, -0.05) is 0 Å². The fourth-order valence-corrected chi connectivity index (χ4v) is 3.53. The van der Waals surface area contributed by atoms with E-state index in [-0.39, 0.29) is 22.6 Å². The number of ether oxygens (including phenoxy) is 1. The maximum absolute atomic E-state index is 13.1. The number of halogens is 1. The molecule has 1 aromatic heterocycles. The van der Waals surface area contributed by atoms with Crippen LogP contribution < -0.4 is 5.56 Å². The molecular weight excluding hydrogens is 325 g/mol. The van der Waals surface area contributed by atoms with Crippen molar-refractivity contribution in [2.75, 3.05) is 26.3 Å². The van der Waals surface area contributed by atoms with E-state index in [1.165, 1.54) is 36.4 Å². The second-order valence-corrected chi connectivity index (χ2v) is 6.72. The Balaban J connectivity index is 1.60. The van der Waals surface area contributed by atoms with Gasteiger partial charge in [-0.25, -0.2) is 4.39 Å². The Kier molecular flexibility index (Phi) is 3.88. The van der Waals surface area contributed by atoms with Crippen molar-refractivity contribution in [3.8, 4) is 5.69 Å². The first-order valence-corrected chi connectivity index (χ1v) is 8.30. The van der Waals surface area contributed by atoms with E-state index in [0.29, 0.717) is 25.4 Å². The molecule has 2 aliphatic rings. The zero-order valence-electron chi connectivity index (χ0n) is 13.7. The summed E-state index contributed by atoms with van der Waals surface area (Å²) < 4.78 is 19.7. The van der Waals surface area contributed by atoms with Gasteiger partial charge in [-0.3, -0.25) is 9.59 Å². The first kappa shape index (κ1) is 16.0. The normalized spacial score (nSPS) is 22.7. The standard InChI is InChI=1S/C18H18FN3O3/c19-13-1-3-14(4-2-13)22-16(23)6-5-15(20-22)17(24)21-9-7-18(11-21)8-10-25-12-18/h1-6H,7-12H2/t18-/m0/s1. The summed E-state index contributed by atoms with van der Waals surface area (Å²) in [5.41, 5.74) is 0.328. The monoisotopic (exact) mass is 343 g/mol. The third-order valence-electron chi connectivity index (χ3n) is 5.00. The first-order valence-electron chi connectivity index (χ1n) is 8.30. The first-order chi connectivity index (χ1) is 12.1. The van der Waals surface area contributed by atoms with E-state index in [4.69, 9.17) is 4.74 Å². The number of carbonyl (C=O) groups is 1. The highest BCUT2D eigenvalue weighted by atomic mass is 19.1. The summed E-state index contributed by atoms with van der Waals surface area (Å²) in [6.45, 7) is 2.76. The van der Waals surface area contributed by atoms with Gasteiger partial charge in [0.25, 0.3) is 11.5 Å². The van der Waals surface area contributed by atoms with Gasteiger partial charge in [0.2, 0.25) is 0 Å². The average molecular weight is 343 g/mol. The van der Waals surface area contributed by atoms with Crippen LogP contribution in [-0.2, 0) is 4.74 Å². The second-order valence-electron chi connectivity index (χ2n) is 6.72. The van der Waals surface area contributed by atoms with Gasteiger partial charge in [-0.2, -0.15) is 9.78 Å². The fraction of sp³-hybridized carbons (Fsp3) is 0.389. The Morgan fingerprint density at radius 1 is 1.16 bits per heavy atom. The molecule has 4 rings (SSSR count).